The molecule has 2 aliphatic heterocycles. The van der Waals surface area contributed by atoms with Crippen molar-refractivity contribution in [2.75, 3.05) is 45.6 Å². The number of carbonyl (C=O) groups is 2. The summed E-state index contributed by atoms with van der Waals surface area (Å²) in [4.78, 5) is 37.6. The molecule has 1 atom stereocenters. The van der Waals surface area contributed by atoms with Gasteiger partial charge in [-0.1, -0.05) is 11.8 Å². The van der Waals surface area contributed by atoms with Crippen LogP contribution in [0.2, 0.25) is 0 Å². The van der Waals surface area contributed by atoms with Gasteiger partial charge in [-0.3, -0.25) is 9.59 Å². The largest absolute Gasteiger partial charge is 0.385 e. The SMILES string of the molecule is COCCCN1CCCC2(CCN(C(=O)CSc3ncccn3)C2)C1=O. The third-order valence-electron chi connectivity index (χ3n) is 5.17. The Kier molecular flexibility index (Phi) is 6.48. The number of hydrogen-bond donors (Lipinski definition) is 0. The van der Waals surface area contributed by atoms with Crippen molar-refractivity contribution < 1.29 is 14.3 Å². The number of hydrogen-bond acceptors (Lipinski definition) is 6. The van der Waals surface area contributed by atoms with Gasteiger partial charge in [0.05, 0.1) is 11.2 Å². The molecule has 0 aromatic carbocycles. The molecule has 26 heavy (non-hydrogen) atoms. The third-order valence-corrected chi connectivity index (χ3v) is 6.03. The molecule has 3 rings (SSSR count). The second-order valence-electron chi connectivity index (χ2n) is 6.91. The van der Waals surface area contributed by atoms with Gasteiger partial charge in [0.25, 0.3) is 0 Å². The number of likely N-dealkylation sites (tertiary alicyclic amines) is 2. The van der Waals surface area contributed by atoms with Crippen LogP contribution in [-0.4, -0.2) is 77.2 Å². The van der Waals surface area contributed by atoms with Crippen molar-refractivity contribution >= 4 is 23.6 Å². The first-order valence-corrected chi connectivity index (χ1v) is 10.1. The summed E-state index contributed by atoms with van der Waals surface area (Å²) in [5, 5.41) is 0.604. The van der Waals surface area contributed by atoms with Crippen LogP contribution in [0.25, 0.3) is 0 Å². The van der Waals surface area contributed by atoms with Gasteiger partial charge in [-0.05, 0) is 31.7 Å². The van der Waals surface area contributed by atoms with E-state index in [9.17, 15) is 9.59 Å². The van der Waals surface area contributed by atoms with Crippen molar-refractivity contribution in [1.29, 1.82) is 0 Å². The zero-order chi connectivity index (χ0) is 18.4. The number of carbonyl (C=O) groups excluding carboxylic acids is 2. The standard InChI is InChI=1S/C18H26N4O3S/c1-25-12-4-10-21-9-2-5-18(16(21)24)6-11-22(14-18)15(23)13-26-17-19-7-3-8-20-17/h3,7-8H,2,4-6,9-14H2,1H3. The summed E-state index contributed by atoms with van der Waals surface area (Å²) in [6.07, 6.45) is 6.85. The summed E-state index contributed by atoms with van der Waals surface area (Å²) < 4.78 is 5.09. The molecule has 2 amide bonds. The lowest BCUT2D eigenvalue weighted by Gasteiger charge is -2.39. The Morgan fingerprint density at radius 3 is 2.88 bits per heavy atom. The summed E-state index contributed by atoms with van der Waals surface area (Å²) >= 11 is 1.34. The average Bonchev–Trinajstić information content (AvgIpc) is 3.09. The second kappa shape index (κ2) is 8.81. The van der Waals surface area contributed by atoms with Crippen molar-refractivity contribution in [3.63, 3.8) is 0 Å². The van der Waals surface area contributed by atoms with E-state index in [1.54, 1.807) is 25.6 Å². The van der Waals surface area contributed by atoms with E-state index in [0.717, 1.165) is 38.8 Å². The first-order valence-electron chi connectivity index (χ1n) is 9.10. The minimum atomic E-state index is -0.380. The summed E-state index contributed by atoms with van der Waals surface area (Å²) in [7, 11) is 1.68. The maximum Gasteiger partial charge on any atom is 0.233 e. The molecule has 0 bridgehead atoms. The van der Waals surface area contributed by atoms with E-state index in [4.69, 9.17) is 4.74 Å². The maximum atomic E-state index is 13.0. The topological polar surface area (TPSA) is 75.6 Å². The van der Waals surface area contributed by atoms with Gasteiger partial charge in [0.1, 0.15) is 0 Å². The Morgan fingerprint density at radius 1 is 1.31 bits per heavy atom. The highest BCUT2D eigenvalue weighted by molar-refractivity contribution is 7.99. The molecule has 1 unspecified atom stereocenters. The lowest BCUT2D eigenvalue weighted by molar-refractivity contribution is -0.146. The van der Waals surface area contributed by atoms with E-state index in [-0.39, 0.29) is 17.2 Å². The average molecular weight is 378 g/mol. The third kappa shape index (κ3) is 4.35. The van der Waals surface area contributed by atoms with Gasteiger partial charge in [-0.25, -0.2) is 9.97 Å². The zero-order valence-corrected chi connectivity index (χ0v) is 16.0. The van der Waals surface area contributed by atoms with Crippen molar-refractivity contribution in [2.24, 2.45) is 5.41 Å². The van der Waals surface area contributed by atoms with Crippen molar-refractivity contribution in [3.8, 4) is 0 Å². The van der Waals surface area contributed by atoms with Crippen LogP contribution in [0.15, 0.2) is 23.6 Å². The lowest BCUT2D eigenvalue weighted by atomic mass is 9.78. The van der Waals surface area contributed by atoms with Crippen molar-refractivity contribution in [1.82, 2.24) is 19.8 Å². The van der Waals surface area contributed by atoms with E-state index in [1.807, 2.05) is 9.80 Å². The highest BCUT2D eigenvalue weighted by atomic mass is 32.2. The molecular formula is C18H26N4O3S. The molecule has 2 saturated heterocycles. The summed E-state index contributed by atoms with van der Waals surface area (Å²) in [5.41, 5.74) is -0.380. The van der Waals surface area contributed by atoms with Crippen molar-refractivity contribution in [3.05, 3.63) is 18.5 Å². The molecule has 0 aliphatic carbocycles. The highest BCUT2D eigenvalue weighted by Gasteiger charge is 2.49. The fraction of sp³-hybridized carbons (Fsp3) is 0.667. The van der Waals surface area contributed by atoms with Gasteiger partial charge in [0, 0.05) is 52.3 Å². The quantitative estimate of drug-likeness (QED) is 0.406. The summed E-state index contributed by atoms with van der Waals surface area (Å²) in [5.74, 6) is 0.587. The molecule has 8 heteroatoms. The fourth-order valence-corrected chi connectivity index (χ4v) is 4.51. The Morgan fingerprint density at radius 2 is 2.12 bits per heavy atom. The van der Waals surface area contributed by atoms with Gasteiger partial charge in [0.2, 0.25) is 11.8 Å². The molecule has 142 valence electrons. The molecular weight excluding hydrogens is 352 g/mol. The van der Waals surface area contributed by atoms with E-state index in [0.29, 0.717) is 30.6 Å². The minimum Gasteiger partial charge on any atom is -0.385 e. The van der Waals surface area contributed by atoms with Crippen LogP contribution in [0.3, 0.4) is 0 Å². The molecule has 7 nitrogen and oxygen atoms in total. The van der Waals surface area contributed by atoms with Crippen LogP contribution in [0.4, 0.5) is 0 Å². The first kappa shape index (κ1) is 19.1. The predicted octanol–water partition coefficient (Wildman–Crippen LogP) is 1.45. The zero-order valence-electron chi connectivity index (χ0n) is 15.2. The van der Waals surface area contributed by atoms with Gasteiger partial charge in [0.15, 0.2) is 5.16 Å². The smallest absolute Gasteiger partial charge is 0.233 e. The van der Waals surface area contributed by atoms with E-state index in [2.05, 4.69) is 9.97 Å². The minimum absolute atomic E-state index is 0.0589. The Bertz CT molecular complexity index is 630. The molecule has 1 spiro atoms. The number of piperidine rings is 1. The molecule has 0 saturated carbocycles. The van der Waals surface area contributed by atoms with Crippen LogP contribution in [-0.2, 0) is 14.3 Å². The van der Waals surface area contributed by atoms with Crippen LogP contribution in [0.1, 0.15) is 25.7 Å². The molecule has 0 N–H and O–H groups in total. The Labute approximate surface area is 158 Å². The van der Waals surface area contributed by atoms with Gasteiger partial charge in [-0.2, -0.15) is 0 Å². The molecule has 2 fully saturated rings. The number of aromatic nitrogens is 2. The van der Waals surface area contributed by atoms with Crippen LogP contribution < -0.4 is 0 Å². The van der Waals surface area contributed by atoms with Gasteiger partial charge >= 0.3 is 0 Å². The van der Waals surface area contributed by atoms with Crippen LogP contribution in [0, 0.1) is 5.41 Å². The summed E-state index contributed by atoms with van der Waals surface area (Å²) in [6, 6.07) is 1.75. The Balaban J connectivity index is 1.54. The van der Waals surface area contributed by atoms with E-state index in [1.165, 1.54) is 11.8 Å². The summed E-state index contributed by atoms with van der Waals surface area (Å²) in [6.45, 7) is 3.43. The van der Waals surface area contributed by atoms with Gasteiger partial charge < -0.3 is 14.5 Å². The first-order chi connectivity index (χ1) is 12.6. The number of ether oxygens (including phenoxy) is 1. The second-order valence-corrected chi connectivity index (χ2v) is 7.85. The normalized spacial score (nSPS) is 23.0. The van der Waals surface area contributed by atoms with Crippen molar-refractivity contribution in [2.45, 2.75) is 30.8 Å². The molecule has 1 aromatic heterocycles. The van der Waals surface area contributed by atoms with E-state index >= 15 is 0 Å². The number of rotatable bonds is 7. The van der Waals surface area contributed by atoms with Crippen LogP contribution >= 0.6 is 11.8 Å². The monoisotopic (exact) mass is 378 g/mol. The van der Waals surface area contributed by atoms with E-state index < -0.39 is 0 Å². The number of amides is 2. The number of thioether (sulfide) groups is 1. The molecule has 0 radical (unpaired) electrons. The van der Waals surface area contributed by atoms with Gasteiger partial charge in [-0.15, -0.1) is 0 Å². The number of nitrogens with zero attached hydrogens (tertiary/aromatic N) is 4. The predicted molar refractivity (Wildman–Crippen MR) is 98.7 cm³/mol. The molecule has 2 aliphatic rings. The highest BCUT2D eigenvalue weighted by Crippen LogP contribution is 2.40. The fourth-order valence-electron chi connectivity index (χ4n) is 3.81. The maximum absolute atomic E-state index is 13.0. The lowest BCUT2D eigenvalue weighted by Crippen LogP contribution is -2.50. The molecule has 1 aromatic rings. The van der Waals surface area contributed by atoms with Crippen LogP contribution in [0.5, 0.6) is 0 Å². The number of methoxy groups -OCH3 is 1. The Hall–Kier alpha value is -1.67. The molecule has 3 heterocycles.